The molecule has 0 spiro atoms. The second-order valence-electron chi connectivity index (χ2n) is 4.88. The first kappa shape index (κ1) is 8.55. The molecule has 1 heteroatoms. The van der Waals surface area contributed by atoms with Crippen molar-refractivity contribution in [2.24, 2.45) is 17.8 Å². The molecule has 1 saturated heterocycles. The van der Waals surface area contributed by atoms with E-state index in [2.05, 4.69) is 25.8 Å². The van der Waals surface area contributed by atoms with Gasteiger partial charge in [-0.1, -0.05) is 13.8 Å². The van der Waals surface area contributed by atoms with Gasteiger partial charge in [0.1, 0.15) is 0 Å². The molecule has 2 rings (SSSR count). The van der Waals surface area contributed by atoms with Crippen molar-refractivity contribution >= 4 is 0 Å². The number of hydrogen-bond acceptors (Lipinski definition) is 1. The Morgan fingerprint density at radius 1 is 1.17 bits per heavy atom. The molecule has 0 amide bonds. The van der Waals surface area contributed by atoms with E-state index in [0.717, 1.165) is 23.8 Å². The largest absolute Gasteiger partial charge is 0.303 e. The van der Waals surface area contributed by atoms with Crippen molar-refractivity contribution in [3.8, 4) is 0 Å². The molecule has 4 atom stereocenters. The highest BCUT2D eigenvalue weighted by Crippen LogP contribution is 2.48. The smallest absolute Gasteiger partial charge is 0.0104 e. The van der Waals surface area contributed by atoms with Crippen LogP contribution in [0.2, 0.25) is 0 Å². The van der Waals surface area contributed by atoms with E-state index < -0.39 is 0 Å². The Bertz CT molecular complexity index is 151. The van der Waals surface area contributed by atoms with Crippen LogP contribution in [0, 0.1) is 17.8 Å². The minimum Gasteiger partial charge on any atom is -0.303 e. The molecule has 12 heavy (non-hydrogen) atoms. The van der Waals surface area contributed by atoms with Crippen LogP contribution in [0.5, 0.6) is 0 Å². The van der Waals surface area contributed by atoms with Crippen molar-refractivity contribution in [2.75, 3.05) is 13.6 Å². The zero-order chi connectivity index (χ0) is 8.72. The lowest BCUT2D eigenvalue weighted by atomic mass is 9.97. The third-order valence-electron chi connectivity index (χ3n) is 4.31. The van der Waals surface area contributed by atoms with Gasteiger partial charge in [-0.25, -0.2) is 0 Å². The van der Waals surface area contributed by atoms with Crippen LogP contribution in [0.1, 0.15) is 33.1 Å². The Morgan fingerprint density at radius 2 is 1.83 bits per heavy atom. The summed E-state index contributed by atoms with van der Waals surface area (Å²) in [5.74, 6) is 3.12. The zero-order valence-electron chi connectivity index (χ0n) is 8.59. The lowest BCUT2D eigenvalue weighted by Gasteiger charge is -2.38. The van der Waals surface area contributed by atoms with Gasteiger partial charge in [-0.2, -0.15) is 0 Å². The molecule has 2 aliphatic rings. The molecular weight excluding hydrogens is 146 g/mol. The molecule has 0 aromatic rings. The summed E-state index contributed by atoms with van der Waals surface area (Å²) in [5, 5.41) is 0. The molecular formula is C11H21N. The standard InChI is InChI=1S/C11H21N/c1-8-9(2)11(8)5-4-10-6-7-12(10)3/h8-11H,4-7H2,1-3H3/t8-,9?,10?,11?/m0/s1. The Morgan fingerprint density at radius 3 is 2.17 bits per heavy atom. The van der Waals surface area contributed by atoms with Gasteiger partial charge in [0.15, 0.2) is 0 Å². The molecule has 1 heterocycles. The molecule has 1 nitrogen and oxygen atoms in total. The zero-order valence-corrected chi connectivity index (χ0v) is 8.59. The van der Waals surface area contributed by atoms with Crippen LogP contribution in [-0.2, 0) is 0 Å². The van der Waals surface area contributed by atoms with Gasteiger partial charge in [-0.15, -0.1) is 0 Å². The maximum absolute atomic E-state index is 2.50. The van der Waals surface area contributed by atoms with Gasteiger partial charge in [-0.05, 0) is 50.6 Å². The van der Waals surface area contributed by atoms with E-state index in [1.807, 2.05) is 0 Å². The molecule has 0 bridgehead atoms. The number of hydrogen-bond donors (Lipinski definition) is 0. The van der Waals surface area contributed by atoms with Crippen LogP contribution in [0.3, 0.4) is 0 Å². The van der Waals surface area contributed by atoms with Gasteiger partial charge >= 0.3 is 0 Å². The number of rotatable bonds is 3. The highest BCUT2D eigenvalue weighted by molar-refractivity contribution is 4.92. The molecule has 70 valence electrons. The Hall–Kier alpha value is -0.0400. The molecule has 0 N–H and O–H groups in total. The van der Waals surface area contributed by atoms with E-state index >= 15 is 0 Å². The van der Waals surface area contributed by atoms with E-state index in [0.29, 0.717) is 0 Å². The summed E-state index contributed by atoms with van der Waals surface area (Å²) >= 11 is 0. The van der Waals surface area contributed by atoms with Crippen molar-refractivity contribution in [1.29, 1.82) is 0 Å². The number of likely N-dealkylation sites (tertiary alicyclic amines) is 1. The summed E-state index contributed by atoms with van der Waals surface area (Å²) in [6.07, 6.45) is 4.39. The fraction of sp³-hybridized carbons (Fsp3) is 1.00. The second-order valence-corrected chi connectivity index (χ2v) is 4.88. The van der Waals surface area contributed by atoms with E-state index in [-0.39, 0.29) is 0 Å². The maximum Gasteiger partial charge on any atom is 0.0104 e. The third-order valence-corrected chi connectivity index (χ3v) is 4.31. The van der Waals surface area contributed by atoms with Gasteiger partial charge in [0.25, 0.3) is 0 Å². The van der Waals surface area contributed by atoms with E-state index in [1.165, 1.54) is 25.8 Å². The molecule has 1 saturated carbocycles. The third kappa shape index (κ3) is 1.39. The minimum atomic E-state index is 0.935. The van der Waals surface area contributed by atoms with Crippen molar-refractivity contribution in [3.63, 3.8) is 0 Å². The predicted molar refractivity (Wildman–Crippen MR) is 52.1 cm³/mol. The molecule has 0 aromatic carbocycles. The van der Waals surface area contributed by atoms with E-state index in [4.69, 9.17) is 0 Å². The summed E-state index contributed by atoms with van der Waals surface area (Å²) in [6, 6.07) is 0.935. The predicted octanol–water partition coefficient (Wildman–Crippen LogP) is 2.37. The van der Waals surface area contributed by atoms with Crippen molar-refractivity contribution in [1.82, 2.24) is 4.90 Å². The minimum absolute atomic E-state index is 0.935. The lowest BCUT2D eigenvalue weighted by molar-refractivity contribution is 0.114. The van der Waals surface area contributed by atoms with Gasteiger partial charge in [-0.3, -0.25) is 0 Å². The normalized spacial score (nSPS) is 47.2. The Labute approximate surface area is 76.1 Å². The number of nitrogens with zero attached hydrogens (tertiary/aromatic N) is 1. The fourth-order valence-corrected chi connectivity index (χ4v) is 2.61. The molecule has 0 aromatic heterocycles. The van der Waals surface area contributed by atoms with Crippen LogP contribution >= 0.6 is 0 Å². The summed E-state index contributed by atoms with van der Waals surface area (Å²) in [6.45, 7) is 6.14. The summed E-state index contributed by atoms with van der Waals surface area (Å²) in [7, 11) is 2.26. The average Bonchev–Trinajstić information content (AvgIpc) is 2.59. The van der Waals surface area contributed by atoms with Crippen molar-refractivity contribution in [2.45, 2.75) is 39.2 Å². The SMILES string of the molecule is CC1C(CCC2CCN2C)[C@H]1C. The van der Waals surface area contributed by atoms with Crippen LogP contribution in [0.25, 0.3) is 0 Å². The van der Waals surface area contributed by atoms with Crippen molar-refractivity contribution in [3.05, 3.63) is 0 Å². The average molecular weight is 167 g/mol. The molecule has 1 aliphatic carbocycles. The lowest BCUT2D eigenvalue weighted by Crippen LogP contribution is -2.44. The second kappa shape index (κ2) is 3.02. The maximum atomic E-state index is 2.50. The van der Waals surface area contributed by atoms with Crippen LogP contribution in [0.15, 0.2) is 0 Å². The topological polar surface area (TPSA) is 3.24 Å². The molecule has 1 aliphatic heterocycles. The highest BCUT2D eigenvalue weighted by atomic mass is 15.2. The summed E-state index contributed by atoms with van der Waals surface area (Å²) in [4.78, 5) is 2.50. The molecule has 2 fully saturated rings. The van der Waals surface area contributed by atoms with Crippen LogP contribution in [0.4, 0.5) is 0 Å². The van der Waals surface area contributed by atoms with Crippen LogP contribution in [-0.4, -0.2) is 24.5 Å². The van der Waals surface area contributed by atoms with E-state index in [1.54, 1.807) is 0 Å². The van der Waals surface area contributed by atoms with Gasteiger partial charge < -0.3 is 4.90 Å². The van der Waals surface area contributed by atoms with Gasteiger partial charge in [0.05, 0.1) is 0 Å². The highest BCUT2D eigenvalue weighted by Gasteiger charge is 2.42. The summed E-state index contributed by atoms with van der Waals surface area (Å²) in [5.41, 5.74) is 0. The van der Waals surface area contributed by atoms with Crippen molar-refractivity contribution < 1.29 is 0 Å². The first-order chi connectivity index (χ1) is 5.70. The quantitative estimate of drug-likeness (QED) is 0.624. The van der Waals surface area contributed by atoms with Gasteiger partial charge in [0.2, 0.25) is 0 Å². The first-order valence-corrected chi connectivity index (χ1v) is 5.40. The Kier molecular flexibility index (Phi) is 2.16. The first-order valence-electron chi connectivity index (χ1n) is 5.40. The van der Waals surface area contributed by atoms with E-state index in [9.17, 15) is 0 Å². The molecule has 0 radical (unpaired) electrons. The Balaban J connectivity index is 1.63. The fourth-order valence-electron chi connectivity index (χ4n) is 2.61. The van der Waals surface area contributed by atoms with Crippen LogP contribution < -0.4 is 0 Å². The summed E-state index contributed by atoms with van der Waals surface area (Å²) < 4.78 is 0. The monoisotopic (exact) mass is 167 g/mol. The van der Waals surface area contributed by atoms with Gasteiger partial charge in [0, 0.05) is 6.04 Å². The molecule has 3 unspecified atom stereocenters.